The molecule has 1 unspecified atom stereocenters. The highest BCUT2D eigenvalue weighted by Crippen LogP contribution is 2.42. The first kappa shape index (κ1) is 14.2. The summed E-state index contributed by atoms with van der Waals surface area (Å²) >= 11 is 0. The second kappa shape index (κ2) is 5.35. The van der Waals surface area contributed by atoms with Gasteiger partial charge in [-0.3, -0.25) is 4.79 Å². The number of fused-ring (bicyclic) bond motifs is 2. The van der Waals surface area contributed by atoms with Crippen LogP contribution in [0.5, 0.6) is 5.75 Å². The van der Waals surface area contributed by atoms with Gasteiger partial charge >= 0.3 is 0 Å². The summed E-state index contributed by atoms with van der Waals surface area (Å²) in [6.45, 7) is 1.51. The van der Waals surface area contributed by atoms with Gasteiger partial charge in [-0.05, 0) is 36.1 Å². The first-order valence-corrected chi connectivity index (χ1v) is 7.85. The fourth-order valence-electron chi connectivity index (χ4n) is 3.64. The van der Waals surface area contributed by atoms with Crippen LogP contribution < -0.4 is 0 Å². The van der Waals surface area contributed by atoms with Crippen LogP contribution in [-0.4, -0.2) is 40.6 Å². The number of hydrogen-bond acceptors (Lipinski definition) is 4. The Hall–Kier alpha value is -2.40. The Morgan fingerprint density at radius 1 is 1.26 bits per heavy atom. The van der Waals surface area contributed by atoms with E-state index < -0.39 is 5.60 Å². The number of ether oxygens (including phenoxy) is 1. The van der Waals surface area contributed by atoms with Gasteiger partial charge in [-0.1, -0.05) is 24.3 Å². The summed E-state index contributed by atoms with van der Waals surface area (Å²) in [5.74, 6) is -0.319. The van der Waals surface area contributed by atoms with Gasteiger partial charge in [0.25, 0.3) is 5.91 Å². The molecule has 23 heavy (non-hydrogen) atoms. The number of benzene rings is 1. The number of rotatable bonds is 1. The van der Waals surface area contributed by atoms with Crippen molar-refractivity contribution in [2.45, 2.75) is 18.4 Å². The topological polar surface area (TPSA) is 62.7 Å². The van der Waals surface area contributed by atoms with Gasteiger partial charge in [0, 0.05) is 12.7 Å². The smallest absolute Gasteiger partial charge is 0.276 e. The summed E-state index contributed by atoms with van der Waals surface area (Å²) in [4.78, 5) is 18.5. The molecule has 1 saturated heterocycles. The average molecular weight is 310 g/mol. The Balaban J connectivity index is 1.64. The third-order valence-corrected chi connectivity index (χ3v) is 4.77. The number of nitrogens with zero attached hydrogens (tertiary/aromatic N) is 2. The second-order valence-electron chi connectivity index (χ2n) is 6.10. The largest absolute Gasteiger partial charge is 0.505 e. The number of carbonyl (C=O) groups is 1. The number of aromatic hydroxyl groups is 1. The van der Waals surface area contributed by atoms with Crippen molar-refractivity contribution in [3.8, 4) is 5.75 Å². The Morgan fingerprint density at radius 3 is 3.00 bits per heavy atom. The third-order valence-electron chi connectivity index (χ3n) is 4.77. The van der Waals surface area contributed by atoms with E-state index in [4.69, 9.17) is 4.74 Å². The van der Waals surface area contributed by atoms with Crippen LogP contribution >= 0.6 is 0 Å². The van der Waals surface area contributed by atoms with Crippen molar-refractivity contribution < 1.29 is 14.6 Å². The fourth-order valence-corrected chi connectivity index (χ4v) is 3.64. The van der Waals surface area contributed by atoms with Crippen LogP contribution in [-0.2, 0) is 16.8 Å². The molecule has 5 nitrogen and oxygen atoms in total. The van der Waals surface area contributed by atoms with Gasteiger partial charge in [-0.25, -0.2) is 4.98 Å². The molecule has 1 N–H and O–H groups in total. The Kier molecular flexibility index (Phi) is 3.31. The molecule has 1 aliphatic carbocycles. The van der Waals surface area contributed by atoms with E-state index >= 15 is 0 Å². The summed E-state index contributed by atoms with van der Waals surface area (Å²) in [5.41, 5.74) is 2.16. The van der Waals surface area contributed by atoms with E-state index in [2.05, 4.69) is 17.1 Å². The summed E-state index contributed by atoms with van der Waals surface area (Å²) in [5, 5.41) is 9.88. The number of carbonyl (C=O) groups excluding carboxylic acids is 1. The molecule has 2 heterocycles. The highest BCUT2D eigenvalue weighted by molar-refractivity contribution is 5.94. The lowest BCUT2D eigenvalue weighted by Gasteiger charge is -2.41. The van der Waals surface area contributed by atoms with Gasteiger partial charge in [0.1, 0.15) is 11.4 Å². The molecule has 1 aromatic heterocycles. The predicted octanol–water partition coefficient (Wildman–Crippen LogP) is 2.10. The van der Waals surface area contributed by atoms with Gasteiger partial charge in [-0.2, -0.15) is 0 Å². The summed E-state index contributed by atoms with van der Waals surface area (Å²) < 4.78 is 6.12. The van der Waals surface area contributed by atoms with Crippen LogP contribution in [0.4, 0.5) is 0 Å². The number of pyridine rings is 1. The molecule has 0 saturated carbocycles. The van der Waals surface area contributed by atoms with Crippen LogP contribution in [0.1, 0.15) is 28.0 Å². The Morgan fingerprint density at radius 2 is 2.13 bits per heavy atom. The van der Waals surface area contributed by atoms with E-state index in [1.165, 1.54) is 23.4 Å². The van der Waals surface area contributed by atoms with Gasteiger partial charge in [0.05, 0.1) is 13.2 Å². The van der Waals surface area contributed by atoms with Crippen molar-refractivity contribution in [2.75, 3.05) is 19.7 Å². The average Bonchev–Trinajstić information content (AvgIpc) is 2.93. The van der Waals surface area contributed by atoms with Crippen molar-refractivity contribution in [3.63, 3.8) is 0 Å². The second-order valence-corrected chi connectivity index (χ2v) is 6.10. The summed E-state index contributed by atoms with van der Waals surface area (Å²) in [7, 11) is 0. The van der Waals surface area contributed by atoms with E-state index in [-0.39, 0.29) is 17.4 Å². The molecule has 5 heteroatoms. The highest BCUT2D eigenvalue weighted by Gasteiger charge is 2.44. The summed E-state index contributed by atoms with van der Waals surface area (Å²) in [6, 6.07) is 11.4. The lowest BCUT2D eigenvalue weighted by molar-refractivity contribution is -0.104. The molecule has 2 aliphatic rings. The van der Waals surface area contributed by atoms with Gasteiger partial charge in [0.2, 0.25) is 0 Å². The molecule has 1 spiro atoms. The number of amides is 1. The lowest BCUT2D eigenvalue weighted by atomic mass is 9.93. The van der Waals surface area contributed by atoms with Crippen molar-refractivity contribution in [1.82, 2.24) is 9.88 Å². The van der Waals surface area contributed by atoms with Crippen LogP contribution in [0.3, 0.4) is 0 Å². The number of aryl methyl sites for hydroxylation is 1. The fraction of sp³-hybridized carbons (Fsp3) is 0.333. The molecule has 2 aromatic rings. The number of hydrogen-bond donors (Lipinski definition) is 1. The molecule has 4 rings (SSSR count). The normalized spacial score (nSPS) is 23.0. The monoisotopic (exact) mass is 310 g/mol. The molecule has 1 atom stereocenters. The quantitative estimate of drug-likeness (QED) is 0.876. The number of aromatic nitrogens is 1. The zero-order chi connectivity index (χ0) is 15.9. The molecule has 0 bridgehead atoms. The Bertz CT molecular complexity index is 757. The third kappa shape index (κ3) is 2.28. The molecule has 1 aromatic carbocycles. The van der Waals surface area contributed by atoms with Gasteiger partial charge in [0.15, 0.2) is 5.69 Å². The van der Waals surface area contributed by atoms with E-state index in [1.807, 2.05) is 12.1 Å². The number of morpholine rings is 1. The van der Waals surface area contributed by atoms with Gasteiger partial charge in [-0.15, -0.1) is 0 Å². The van der Waals surface area contributed by atoms with Crippen LogP contribution in [0.15, 0.2) is 42.6 Å². The van der Waals surface area contributed by atoms with Crippen molar-refractivity contribution in [3.05, 3.63) is 59.4 Å². The maximum absolute atomic E-state index is 12.7. The maximum atomic E-state index is 12.7. The molecule has 1 aliphatic heterocycles. The zero-order valence-corrected chi connectivity index (χ0v) is 12.7. The van der Waals surface area contributed by atoms with Crippen LogP contribution in [0, 0.1) is 0 Å². The standard InChI is InChI=1S/C18H18N2O3/c21-15-6-3-9-19-16(15)17(22)20-10-11-23-18(12-20)8-7-13-4-1-2-5-14(13)18/h1-6,9,21H,7-8,10-12H2. The molecular weight excluding hydrogens is 292 g/mol. The van der Waals surface area contributed by atoms with Crippen molar-refractivity contribution in [1.29, 1.82) is 0 Å². The molecule has 118 valence electrons. The van der Waals surface area contributed by atoms with Crippen molar-refractivity contribution in [2.24, 2.45) is 0 Å². The minimum Gasteiger partial charge on any atom is -0.505 e. The van der Waals surface area contributed by atoms with Crippen molar-refractivity contribution >= 4 is 5.91 Å². The van der Waals surface area contributed by atoms with E-state index in [9.17, 15) is 9.90 Å². The molecule has 1 amide bonds. The first-order chi connectivity index (χ1) is 11.2. The molecule has 0 radical (unpaired) electrons. The Labute approximate surface area is 134 Å². The van der Waals surface area contributed by atoms with Gasteiger partial charge < -0.3 is 14.7 Å². The van der Waals surface area contributed by atoms with E-state index in [0.29, 0.717) is 19.7 Å². The first-order valence-electron chi connectivity index (χ1n) is 7.85. The highest BCUT2D eigenvalue weighted by atomic mass is 16.5. The SMILES string of the molecule is O=C(c1ncccc1O)N1CCOC2(CCc3ccccc32)C1. The van der Waals surface area contributed by atoms with E-state index in [0.717, 1.165) is 12.8 Å². The maximum Gasteiger partial charge on any atom is 0.276 e. The molecular formula is C18H18N2O3. The minimum atomic E-state index is -0.422. The molecule has 1 fully saturated rings. The van der Waals surface area contributed by atoms with Crippen LogP contribution in [0.2, 0.25) is 0 Å². The lowest BCUT2D eigenvalue weighted by Crippen LogP contribution is -2.51. The van der Waals surface area contributed by atoms with E-state index in [1.54, 1.807) is 11.0 Å². The predicted molar refractivity (Wildman–Crippen MR) is 84.2 cm³/mol. The van der Waals surface area contributed by atoms with Crippen LogP contribution in [0.25, 0.3) is 0 Å². The zero-order valence-electron chi connectivity index (χ0n) is 12.7. The minimum absolute atomic E-state index is 0.0788. The summed E-state index contributed by atoms with van der Waals surface area (Å²) in [6.07, 6.45) is 3.37.